The van der Waals surface area contributed by atoms with Crippen LogP contribution in [0.3, 0.4) is 0 Å². The van der Waals surface area contributed by atoms with Gasteiger partial charge in [0.05, 0.1) is 5.69 Å². The molecule has 0 aliphatic heterocycles. The normalized spacial score (nSPS) is 11.2. The first-order valence-electron chi connectivity index (χ1n) is 6.96. The molecular weight excluding hydrogens is 222 g/mol. The summed E-state index contributed by atoms with van der Waals surface area (Å²) in [5, 5.41) is 0. The van der Waals surface area contributed by atoms with E-state index in [1.54, 1.807) is 0 Å². The number of nitrogens with zero attached hydrogens (tertiary/aromatic N) is 2. The van der Waals surface area contributed by atoms with Crippen LogP contribution in [-0.2, 0) is 6.42 Å². The number of hydrogen-bond donors (Lipinski definition) is 1. The van der Waals surface area contributed by atoms with Gasteiger partial charge in [0, 0.05) is 6.20 Å². The molecule has 0 saturated carbocycles. The fourth-order valence-corrected chi connectivity index (χ4v) is 2.35. The van der Waals surface area contributed by atoms with Crippen molar-refractivity contribution in [1.29, 1.82) is 0 Å². The lowest BCUT2D eigenvalue weighted by Gasteiger charge is -2.00. The van der Waals surface area contributed by atoms with Crippen molar-refractivity contribution in [2.24, 2.45) is 0 Å². The highest BCUT2D eigenvalue weighted by Crippen LogP contribution is 2.19. The zero-order chi connectivity index (χ0) is 13.0. The minimum absolute atomic E-state index is 0.809. The third-order valence-electron chi connectivity index (χ3n) is 3.48. The van der Waals surface area contributed by atoms with Crippen LogP contribution < -0.4 is 5.73 Å². The van der Waals surface area contributed by atoms with Gasteiger partial charge in [0.2, 0.25) is 0 Å². The van der Waals surface area contributed by atoms with Crippen LogP contribution in [0.2, 0.25) is 0 Å². The van der Waals surface area contributed by atoms with E-state index in [-0.39, 0.29) is 0 Å². The number of nitrogens with two attached hydrogens (primary N) is 1. The summed E-state index contributed by atoms with van der Waals surface area (Å²) in [6.45, 7) is 4.32. The average Bonchev–Trinajstić information content (AvgIpc) is 2.69. The lowest BCUT2D eigenvalue weighted by Crippen LogP contribution is -1.96. The minimum Gasteiger partial charge on any atom is -0.383 e. The molecule has 0 spiro atoms. The smallest absolute Gasteiger partial charge is 0.141 e. The maximum Gasteiger partial charge on any atom is 0.141 e. The van der Waals surface area contributed by atoms with Crippen molar-refractivity contribution in [3.05, 3.63) is 29.6 Å². The van der Waals surface area contributed by atoms with Gasteiger partial charge in [-0.1, -0.05) is 38.7 Å². The molecule has 0 aliphatic rings. The molecule has 0 saturated heterocycles. The number of fused-ring (bicyclic) bond motifs is 1. The summed E-state index contributed by atoms with van der Waals surface area (Å²) in [4.78, 5) is 4.67. The van der Waals surface area contributed by atoms with Gasteiger partial charge in [-0.25, -0.2) is 4.98 Å². The molecule has 0 aromatic carbocycles. The largest absolute Gasteiger partial charge is 0.383 e. The number of aromatic nitrogens is 2. The molecule has 98 valence electrons. The fraction of sp³-hybridized carbons (Fsp3) is 0.533. The molecule has 0 unspecified atom stereocenters. The van der Waals surface area contributed by atoms with Gasteiger partial charge in [0.25, 0.3) is 0 Å². The van der Waals surface area contributed by atoms with Crippen molar-refractivity contribution in [2.75, 3.05) is 5.73 Å². The SMILES string of the molecule is CCCCCCCc1nc2c(C)cccn2c1N. The average molecular weight is 245 g/mol. The second-order valence-corrected chi connectivity index (χ2v) is 4.99. The Bertz CT molecular complexity index is 514. The van der Waals surface area contributed by atoms with E-state index in [1.807, 2.05) is 16.7 Å². The number of rotatable bonds is 6. The molecule has 3 heteroatoms. The van der Waals surface area contributed by atoms with Gasteiger partial charge in [-0.05, 0) is 31.4 Å². The standard InChI is InChI=1S/C15H23N3/c1-3-4-5-6-7-10-13-14(16)18-11-8-9-12(2)15(18)17-13/h8-9,11H,3-7,10,16H2,1-2H3. The van der Waals surface area contributed by atoms with Crippen LogP contribution in [0.1, 0.15) is 50.3 Å². The van der Waals surface area contributed by atoms with E-state index in [2.05, 4.69) is 24.9 Å². The second kappa shape index (κ2) is 5.89. The van der Waals surface area contributed by atoms with Gasteiger partial charge < -0.3 is 5.73 Å². The number of imidazole rings is 1. The first kappa shape index (κ1) is 12.9. The monoisotopic (exact) mass is 245 g/mol. The number of pyridine rings is 1. The lowest BCUT2D eigenvalue weighted by atomic mass is 10.1. The predicted molar refractivity (Wildman–Crippen MR) is 76.8 cm³/mol. The number of aryl methyl sites for hydroxylation is 2. The molecule has 0 aliphatic carbocycles. The molecule has 0 amide bonds. The van der Waals surface area contributed by atoms with Gasteiger partial charge in [-0.3, -0.25) is 4.40 Å². The number of hydrogen-bond acceptors (Lipinski definition) is 2. The van der Waals surface area contributed by atoms with Crippen LogP contribution in [0.5, 0.6) is 0 Å². The van der Waals surface area contributed by atoms with Crippen molar-refractivity contribution in [2.45, 2.75) is 52.4 Å². The molecule has 2 aromatic rings. The molecule has 0 radical (unpaired) electrons. The Kier molecular flexibility index (Phi) is 4.24. The van der Waals surface area contributed by atoms with Crippen molar-refractivity contribution >= 4 is 11.5 Å². The highest BCUT2D eigenvalue weighted by molar-refractivity contribution is 5.56. The summed E-state index contributed by atoms with van der Waals surface area (Å²) in [7, 11) is 0. The van der Waals surface area contributed by atoms with E-state index in [4.69, 9.17) is 5.73 Å². The molecule has 0 fully saturated rings. The van der Waals surface area contributed by atoms with Gasteiger partial charge in [0.15, 0.2) is 0 Å². The molecule has 2 N–H and O–H groups in total. The van der Waals surface area contributed by atoms with Crippen molar-refractivity contribution in [1.82, 2.24) is 9.38 Å². The Morgan fingerprint density at radius 1 is 1.22 bits per heavy atom. The van der Waals surface area contributed by atoms with E-state index < -0.39 is 0 Å². The van der Waals surface area contributed by atoms with Crippen LogP contribution in [0, 0.1) is 6.92 Å². The molecule has 3 nitrogen and oxygen atoms in total. The molecule has 2 rings (SSSR count). The maximum absolute atomic E-state index is 6.15. The summed E-state index contributed by atoms with van der Waals surface area (Å²) in [6.07, 6.45) is 9.40. The highest BCUT2D eigenvalue weighted by atomic mass is 15.1. The Morgan fingerprint density at radius 3 is 2.72 bits per heavy atom. The quantitative estimate of drug-likeness (QED) is 0.788. The summed E-state index contributed by atoms with van der Waals surface area (Å²) in [6, 6.07) is 4.10. The molecule has 0 bridgehead atoms. The van der Waals surface area contributed by atoms with Crippen molar-refractivity contribution in [3.8, 4) is 0 Å². The van der Waals surface area contributed by atoms with Crippen LogP contribution in [0.25, 0.3) is 5.65 Å². The number of unbranched alkanes of at least 4 members (excludes halogenated alkanes) is 4. The third-order valence-corrected chi connectivity index (χ3v) is 3.48. The molecule has 2 aromatic heterocycles. The topological polar surface area (TPSA) is 43.3 Å². The van der Waals surface area contributed by atoms with Gasteiger partial charge in [-0.2, -0.15) is 0 Å². The van der Waals surface area contributed by atoms with Crippen molar-refractivity contribution < 1.29 is 0 Å². The Balaban J connectivity index is 2.05. The van der Waals surface area contributed by atoms with E-state index in [0.717, 1.165) is 23.6 Å². The second-order valence-electron chi connectivity index (χ2n) is 4.99. The number of anilines is 1. The van der Waals surface area contributed by atoms with E-state index in [9.17, 15) is 0 Å². The Morgan fingerprint density at radius 2 is 2.00 bits per heavy atom. The molecule has 18 heavy (non-hydrogen) atoms. The van der Waals surface area contributed by atoms with Crippen LogP contribution in [0.15, 0.2) is 18.3 Å². The van der Waals surface area contributed by atoms with E-state index in [1.165, 1.54) is 37.7 Å². The van der Waals surface area contributed by atoms with E-state index in [0.29, 0.717) is 0 Å². The first-order valence-corrected chi connectivity index (χ1v) is 6.96. The highest BCUT2D eigenvalue weighted by Gasteiger charge is 2.09. The zero-order valence-electron chi connectivity index (χ0n) is 11.4. The van der Waals surface area contributed by atoms with Crippen molar-refractivity contribution in [3.63, 3.8) is 0 Å². The number of nitrogen functional groups attached to an aromatic ring is 1. The summed E-state index contributed by atoms with van der Waals surface area (Å²) < 4.78 is 2.00. The van der Waals surface area contributed by atoms with Gasteiger partial charge in [0.1, 0.15) is 11.5 Å². The maximum atomic E-state index is 6.15. The van der Waals surface area contributed by atoms with E-state index >= 15 is 0 Å². The Hall–Kier alpha value is -1.51. The van der Waals surface area contributed by atoms with Crippen LogP contribution >= 0.6 is 0 Å². The summed E-state index contributed by atoms with van der Waals surface area (Å²) >= 11 is 0. The Labute approximate surface area is 109 Å². The molecule has 0 atom stereocenters. The van der Waals surface area contributed by atoms with Crippen LogP contribution in [-0.4, -0.2) is 9.38 Å². The summed E-state index contributed by atoms with van der Waals surface area (Å²) in [5.41, 5.74) is 9.39. The van der Waals surface area contributed by atoms with Crippen LogP contribution in [0.4, 0.5) is 5.82 Å². The minimum atomic E-state index is 0.809. The fourth-order valence-electron chi connectivity index (χ4n) is 2.35. The molecule has 2 heterocycles. The molecular formula is C15H23N3. The van der Waals surface area contributed by atoms with Gasteiger partial charge >= 0.3 is 0 Å². The summed E-state index contributed by atoms with van der Waals surface area (Å²) in [5.74, 6) is 0.809. The third kappa shape index (κ3) is 2.66. The first-order chi connectivity index (χ1) is 8.74. The zero-order valence-corrected chi connectivity index (χ0v) is 11.4. The lowest BCUT2D eigenvalue weighted by molar-refractivity contribution is 0.629. The van der Waals surface area contributed by atoms with Gasteiger partial charge in [-0.15, -0.1) is 0 Å². The predicted octanol–water partition coefficient (Wildman–Crippen LogP) is 3.74.